The van der Waals surface area contributed by atoms with Crippen LogP contribution in [0.5, 0.6) is 0 Å². The summed E-state index contributed by atoms with van der Waals surface area (Å²) in [6, 6.07) is 1.63. The number of nitro groups is 1. The molecule has 1 N–H and O–H groups in total. The summed E-state index contributed by atoms with van der Waals surface area (Å²) in [5.41, 5.74) is -0.356. The molecule has 0 radical (unpaired) electrons. The highest BCUT2D eigenvalue weighted by Gasteiger charge is 2.24. The SMILES string of the molecule is C=C(C)CN(CC)c1cc(F)c(C(=O)O)cc1[N+](=O)[O-]. The average molecular weight is 282 g/mol. The van der Waals surface area contributed by atoms with E-state index in [1.807, 2.05) is 0 Å². The Bertz CT molecular complexity index is 572. The van der Waals surface area contributed by atoms with Crippen LogP contribution in [0.25, 0.3) is 0 Å². The Morgan fingerprint density at radius 1 is 1.55 bits per heavy atom. The lowest BCUT2D eigenvalue weighted by Gasteiger charge is -2.23. The molecule has 6 nitrogen and oxygen atoms in total. The van der Waals surface area contributed by atoms with Gasteiger partial charge in [0.05, 0.1) is 4.92 Å². The summed E-state index contributed by atoms with van der Waals surface area (Å²) in [6.45, 7) is 7.94. The van der Waals surface area contributed by atoms with Gasteiger partial charge >= 0.3 is 5.97 Å². The molecule has 1 rings (SSSR count). The molecule has 0 aliphatic heterocycles. The van der Waals surface area contributed by atoms with Crippen LogP contribution in [0, 0.1) is 15.9 Å². The molecule has 0 fully saturated rings. The monoisotopic (exact) mass is 282 g/mol. The molecule has 1 aromatic rings. The van der Waals surface area contributed by atoms with E-state index in [1.54, 1.807) is 18.7 Å². The number of anilines is 1. The number of halogens is 1. The summed E-state index contributed by atoms with van der Waals surface area (Å²) in [5.74, 6) is -2.54. The Kier molecular flexibility index (Phi) is 4.79. The minimum atomic E-state index is -1.54. The molecule has 0 bridgehead atoms. The van der Waals surface area contributed by atoms with Crippen molar-refractivity contribution in [2.75, 3.05) is 18.0 Å². The molecule has 0 spiro atoms. The van der Waals surface area contributed by atoms with Crippen LogP contribution in [-0.2, 0) is 0 Å². The molecule has 1 aromatic carbocycles. The zero-order valence-corrected chi connectivity index (χ0v) is 11.2. The van der Waals surface area contributed by atoms with E-state index in [2.05, 4.69) is 6.58 Å². The summed E-state index contributed by atoms with van der Waals surface area (Å²) < 4.78 is 13.7. The number of carbonyl (C=O) groups is 1. The van der Waals surface area contributed by atoms with Gasteiger partial charge < -0.3 is 10.0 Å². The van der Waals surface area contributed by atoms with Gasteiger partial charge in [-0.2, -0.15) is 0 Å². The maximum absolute atomic E-state index is 13.7. The molecule has 0 saturated heterocycles. The third-order valence-corrected chi connectivity index (χ3v) is 2.67. The third kappa shape index (κ3) is 3.31. The maximum atomic E-state index is 13.7. The van der Waals surface area contributed by atoms with Gasteiger partial charge in [-0.15, -0.1) is 0 Å². The van der Waals surface area contributed by atoms with Gasteiger partial charge in [0.15, 0.2) is 0 Å². The van der Waals surface area contributed by atoms with Crippen LogP contribution in [-0.4, -0.2) is 29.1 Å². The summed E-state index contributed by atoms with van der Waals surface area (Å²) in [6.07, 6.45) is 0. The number of nitrogens with zero attached hydrogens (tertiary/aromatic N) is 2. The number of carboxylic acids is 1. The van der Waals surface area contributed by atoms with Gasteiger partial charge in [0.25, 0.3) is 5.69 Å². The second-order valence-corrected chi connectivity index (χ2v) is 4.35. The van der Waals surface area contributed by atoms with Gasteiger partial charge in [0.2, 0.25) is 0 Å². The smallest absolute Gasteiger partial charge is 0.338 e. The second kappa shape index (κ2) is 6.14. The maximum Gasteiger partial charge on any atom is 0.338 e. The van der Waals surface area contributed by atoms with Crippen molar-refractivity contribution in [1.29, 1.82) is 0 Å². The van der Waals surface area contributed by atoms with E-state index in [-0.39, 0.29) is 5.69 Å². The van der Waals surface area contributed by atoms with Gasteiger partial charge in [-0.3, -0.25) is 10.1 Å². The summed E-state index contributed by atoms with van der Waals surface area (Å²) in [5, 5.41) is 19.9. The van der Waals surface area contributed by atoms with Crippen molar-refractivity contribution in [3.8, 4) is 0 Å². The van der Waals surface area contributed by atoms with E-state index in [9.17, 15) is 19.3 Å². The van der Waals surface area contributed by atoms with Gasteiger partial charge in [-0.05, 0) is 13.8 Å². The first-order valence-electron chi connectivity index (χ1n) is 5.88. The Labute approximate surface area is 115 Å². The number of carboxylic acid groups (broad SMARTS) is 1. The molecule has 0 aliphatic carbocycles. The van der Waals surface area contributed by atoms with Crippen LogP contribution in [0.4, 0.5) is 15.8 Å². The fraction of sp³-hybridized carbons (Fsp3) is 0.308. The van der Waals surface area contributed by atoms with E-state index in [0.29, 0.717) is 13.1 Å². The van der Waals surface area contributed by atoms with Crippen LogP contribution < -0.4 is 4.90 Å². The van der Waals surface area contributed by atoms with Crippen LogP contribution in [0.2, 0.25) is 0 Å². The quantitative estimate of drug-likeness (QED) is 0.492. The van der Waals surface area contributed by atoms with Gasteiger partial charge in [0, 0.05) is 25.2 Å². The molecule has 0 aromatic heterocycles. The molecule has 0 amide bonds. The van der Waals surface area contributed by atoms with Gasteiger partial charge in [-0.1, -0.05) is 12.2 Å². The minimum absolute atomic E-state index is 0.0444. The largest absolute Gasteiger partial charge is 0.478 e. The lowest BCUT2D eigenvalue weighted by molar-refractivity contribution is -0.384. The van der Waals surface area contributed by atoms with Crippen LogP contribution in [0.1, 0.15) is 24.2 Å². The number of benzene rings is 1. The summed E-state index contributed by atoms with van der Waals surface area (Å²) in [4.78, 5) is 22.7. The first kappa shape index (κ1) is 15.6. The average Bonchev–Trinajstić information content (AvgIpc) is 2.34. The van der Waals surface area contributed by atoms with Crippen LogP contribution in [0.15, 0.2) is 24.3 Å². The summed E-state index contributed by atoms with van der Waals surface area (Å²) in [7, 11) is 0. The second-order valence-electron chi connectivity index (χ2n) is 4.35. The predicted octanol–water partition coefficient (Wildman–Crippen LogP) is 2.83. The highest BCUT2D eigenvalue weighted by molar-refractivity contribution is 5.90. The van der Waals surface area contributed by atoms with E-state index < -0.39 is 28.0 Å². The molecule has 0 heterocycles. The Balaban J connectivity index is 3.44. The molecular weight excluding hydrogens is 267 g/mol. The number of hydrogen-bond donors (Lipinski definition) is 1. The van der Waals surface area contributed by atoms with Crippen molar-refractivity contribution in [3.63, 3.8) is 0 Å². The Morgan fingerprint density at radius 2 is 2.15 bits per heavy atom. The molecule has 0 atom stereocenters. The molecule has 0 unspecified atom stereocenters. The zero-order valence-electron chi connectivity index (χ0n) is 11.2. The van der Waals surface area contributed by atoms with E-state index in [0.717, 1.165) is 17.7 Å². The van der Waals surface area contributed by atoms with Crippen LogP contribution >= 0.6 is 0 Å². The zero-order chi connectivity index (χ0) is 15.4. The molecule has 0 saturated carbocycles. The number of likely N-dealkylation sites (N-methyl/N-ethyl adjacent to an activating group) is 1. The number of rotatable bonds is 6. The lowest BCUT2D eigenvalue weighted by Crippen LogP contribution is -2.25. The van der Waals surface area contributed by atoms with Crippen molar-refractivity contribution in [2.45, 2.75) is 13.8 Å². The van der Waals surface area contributed by atoms with E-state index in [1.165, 1.54) is 0 Å². The fourth-order valence-electron chi connectivity index (χ4n) is 1.81. The first-order chi connectivity index (χ1) is 9.27. The molecule has 7 heteroatoms. The van der Waals surface area contributed by atoms with Gasteiger partial charge in [0.1, 0.15) is 17.1 Å². The van der Waals surface area contributed by atoms with Crippen molar-refractivity contribution in [2.24, 2.45) is 0 Å². The van der Waals surface area contributed by atoms with Crippen LogP contribution in [0.3, 0.4) is 0 Å². The van der Waals surface area contributed by atoms with E-state index >= 15 is 0 Å². The minimum Gasteiger partial charge on any atom is -0.478 e. The lowest BCUT2D eigenvalue weighted by atomic mass is 10.1. The molecular formula is C13H15FN2O4. The topological polar surface area (TPSA) is 83.7 Å². The number of nitro benzene ring substituents is 1. The van der Waals surface area contributed by atoms with Crippen molar-refractivity contribution in [3.05, 3.63) is 45.8 Å². The first-order valence-corrected chi connectivity index (χ1v) is 5.88. The number of aromatic carboxylic acids is 1. The van der Waals surface area contributed by atoms with Crippen molar-refractivity contribution >= 4 is 17.3 Å². The standard InChI is InChI=1S/C13H15FN2O4/c1-4-15(7-8(2)3)11-6-10(14)9(13(17)18)5-12(11)16(19)20/h5-6H,2,4,7H2,1,3H3,(H,17,18). The summed E-state index contributed by atoms with van der Waals surface area (Å²) >= 11 is 0. The Morgan fingerprint density at radius 3 is 2.55 bits per heavy atom. The van der Waals surface area contributed by atoms with Crippen molar-refractivity contribution in [1.82, 2.24) is 0 Å². The molecule has 20 heavy (non-hydrogen) atoms. The highest BCUT2D eigenvalue weighted by atomic mass is 19.1. The Hall–Kier alpha value is -2.44. The molecule has 0 aliphatic rings. The van der Waals surface area contributed by atoms with Crippen molar-refractivity contribution < 1.29 is 19.2 Å². The predicted molar refractivity (Wildman–Crippen MR) is 72.7 cm³/mol. The number of hydrogen-bond acceptors (Lipinski definition) is 4. The third-order valence-electron chi connectivity index (χ3n) is 2.67. The fourth-order valence-corrected chi connectivity index (χ4v) is 1.81. The normalized spacial score (nSPS) is 10.2. The van der Waals surface area contributed by atoms with E-state index in [4.69, 9.17) is 5.11 Å². The molecule has 108 valence electrons. The van der Waals surface area contributed by atoms with Gasteiger partial charge in [-0.25, -0.2) is 9.18 Å². The highest BCUT2D eigenvalue weighted by Crippen LogP contribution is 2.31.